The number of nitrogens with zero attached hydrogens (tertiary/aromatic N) is 4. The Hall–Kier alpha value is -3.68. The first-order valence-corrected chi connectivity index (χ1v) is 39.8. The molecule has 20 N–H and O–H groups in total. The van der Waals surface area contributed by atoms with E-state index in [2.05, 4.69) is 50.1 Å². The van der Waals surface area contributed by atoms with Gasteiger partial charge in [-0.15, -0.1) is 0 Å². The number of halogens is 2. The Morgan fingerprint density at radius 2 is 0.970 bits per heavy atom. The number of carbonyl (C=O) groups is 1. The van der Waals surface area contributed by atoms with Crippen LogP contribution in [0.5, 0.6) is 0 Å². The number of carbonyl (C=O) groups excluding carboxylic acids is 1. The highest BCUT2D eigenvalue weighted by molar-refractivity contribution is 8.05. The SMILES string of the molecule is C/C=C(\C(=O)N(C)C(C)N)[C@@H]1O[C@H](COP2(=O)OP(=O)(O)OP(=O)(O)O2)C(O)[C@@H]1O.Cn1c(=O)[nH]cc([C@@H]2O[C@H](CO)C(O)[C@@H]2O)c1=O.Cn1c(=O)[nH]cc([C@@H]2O[C@H](COP(=O)(Cl)Cl)C(O)[C@@H]2O)c1=O.Cn1c(=O)[nH]cc([C@@H]2O[C@H](COP(=O)(O)OP(=O)(O)OP(=O)(O)O)C(O)[C@@H]2O)c1=O.[HH]. The van der Waals surface area contributed by atoms with Crippen LogP contribution in [0.15, 0.2) is 59.0 Å². The minimum Gasteiger partial charge on any atom is -0.394 e. The Bertz CT molecular complexity index is 4180. The van der Waals surface area contributed by atoms with Crippen molar-refractivity contribution in [1.29, 1.82) is 0 Å². The van der Waals surface area contributed by atoms with Gasteiger partial charge in [0.15, 0.2) is 0 Å². The molecule has 0 bridgehead atoms. The van der Waals surface area contributed by atoms with E-state index < -0.39 is 223 Å². The van der Waals surface area contributed by atoms with Gasteiger partial charge < -0.3 is 124 Å². The molecule has 0 radical (unpaired) electrons. The summed E-state index contributed by atoms with van der Waals surface area (Å²) in [5.74, 6) is -0.586. The summed E-state index contributed by atoms with van der Waals surface area (Å²) in [5, 5.41) is 88.7. The fraction of sp³-hybridized carbons (Fsp3) is 0.643. The molecule has 0 spiro atoms. The Morgan fingerprint density at radius 1 is 0.610 bits per heavy atom. The number of hydrogen-bond donors (Lipinski definition) is 19. The number of ether oxygens (including phenoxy) is 4. The van der Waals surface area contributed by atoms with E-state index in [1.807, 2.05) is 0 Å². The van der Waals surface area contributed by atoms with Gasteiger partial charge in [0.2, 0.25) is 0 Å². The van der Waals surface area contributed by atoms with Crippen molar-refractivity contribution < 1.29 is 168 Å². The molecule has 0 aliphatic carbocycles. The van der Waals surface area contributed by atoms with Crippen LogP contribution in [-0.2, 0) is 112 Å². The second kappa shape index (κ2) is 34.3. The Morgan fingerprint density at radius 3 is 1.32 bits per heavy atom. The summed E-state index contributed by atoms with van der Waals surface area (Å²) in [6.07, 6.45) is -22.3. The summed E-state index contributed by atoms with van der Waals surface area (Å²) >= 11 is 10.4. The van der Waals surface area contributed by atoms with Crippen LogP contribution in [0.4, 0.5) is 0 Å². The van der Waals surface area contributed by atoms with Crippen molar-refractivity contribution in [3.63, 3.8) is 0 Å². The van der Waals surface area contributed by atoms with Crippen molar-refractivity contribution in [3.05, 3.63) is 109 Å². The molecule has 58 heteroatoms. The van der Waals surface area contributed by atoms with Crippen molar-refractivity contribution in [2.24, 2.45) is 26.9 Å². The number of aliphatic hydroxyl groups excluding tert-OH is 9. The molecule has 5 saturated heterocycles. The molecule has 572 valence electrons. The summed E-state index contributed by atoms with van der Waals surface area (Å²) in [6.45, 7) is 0.213. The molecular weight excluding hydrogens is 1560 g/mol. The van der Waals surface area contributed by atoms with E-state index >= 15 is 0 Å². The van der Waals surface area contributed by atoms with Gasteiger partial charge in [-0.3, -0.25) is 46.5 Å². The number of phosphoric acid groups is 6. The maximum atomic E-state index is 12.5. The molecule has 5 aliphatic heterocycles. The molecule has 100 heavy (non-hydrogen) atoms. The first kappa shape index (κ1) is 87.0. The highest BCUT2D eigenvalue weighted by Crippen LogP contribution is 2.80. The van der Waals surface area contributed by atoms with Crippen LogP contribution in [0.1, 0.15) is 50.3 Å². The zero-order chi connectivity index (χ0) is 76.2. The monoisotopic (exact) mass is 1630 g/mol. The van der Waals surface area contributed by atoms with Gasteiger partial charge in [-0.2, -0.15) is 21.6 Å². The number of H-pyrrole nitrogens is 3. The number of allylic oxidation sites excluding steroid dienone is 1. The van der Waals surface area contributed by atoms with Crippen molar-refractivity contribution in [1.82, 2.24) is 33.6 Å². The van der Waals surface area contributed by atoms with Crippen molar-refractivity contribution in [2.75, 3.05) is 33.5 Å². The van der Waals surface area contributed by atoms with Crippen LogP contribution in [0, 0.1) is 0 Å². The summed E-state index contributed by atoms with van der Waals surface area (Å²) < 4.78 is 136. The minimum absolute atomic E-state index is 0. The number of hydrogen-bond acceptors (Lipinski definition) is 36. The van der Waals surface area contributed by atoms with Gasteiger partial charge in [-0.1, -0.05) is 6.08 Å². The molecule has 0 saturated carbocycles. The lowest BCUT2D eigenvalue weighted by molar-refractivity contribution is -0.129. The second-order valence-electron chi connectivity index (χ2n) is 21.2. The molecule has 49 nitrogen and oxygen atoms in total. The number of aromatic amines is 3. The third-order valence-electron chi connectivity index (χ3n) is 14.2. The smallest absolute Gasteiger partial charge is 0.394 e. The van der Waals surface area contributed by atoms with Crippen molar-refractivity contribution >= 4 is 81.4 Å². The lowest BCUT2D eigenvalue weighted by Crippen LogP contribution is -2.45. The molecule has 0 aromatic carbocycles. The van der Waals surface area contributed by atoms with Crippen molar-refractivity contribution in [2.45, 2.75) is 118 Å². The largest absolute Gasteiger partial charge is 0.492 e. The topological polar surface area (TPSA) is 745 Å². The zero-order valence-corrected chi connectivity index (χ0v) is 59.3. The van der Waals surface area contributed by atoms with Crippen LogP contribution >= 0.6 is 75.5 Å². The first-order valence-electron chi connectivity index (χ1n) is 27.4. The summed E-state index contributed by atoms with van der Waals surface area (Å²) in [6, 6.07) is 0. The number of aliphatic hydroxyl groups is 9. The quantitative estimate of drug-likeness (QED) is 0.0285. The van der Waals surface area contributed by atoms with Crippen LogP contribution in [0.3, 0.4) is 0 Å². The standard InChI is InChI=1S/C12H23N2O13P3.C10H13Cl2N2O7P.C10H17N2O15P3.C10H14N2O6.H2/c1-4-7(12(17)14(3)6(2)13)11-10(16)9(15)8(24-11)5-23-30(22)26-28(18,19)25-29(20,21)27-30;1-14-9(17)4(2-13-10(14)18)8-7(16)6(15)5(21-8)3-20-22(11,12)19;1-12-9(15)4(2-11-10(12)16)8-7(14)6(13)5(25-8)3-24-29(20,21)27-30(22,23)26-28(17,18)19;1-12-9(16)4(2-11-10(12)17)8-7(15)6(14)5(3-13)18-8;/h4,6,8-11,15-16H,5,13H2,1-3H3,(H,18,19)(H,20,21);2,5-8,15-16H,3H2,1H3,(H,13,18);2,5-8,13-14H,3H2,1H3,(H,11,16)(H,20,21)(H,22,23)(H2,17,18,19);2,5-8,13-15H,3H2,1H3,(H,11,17);1H/b7-4-;;;;/t6?,8-,9?,10+,11+;3*5-,6?,7+,8+;/m1111./s1. The molecule has 3 aromatic rings. The molecule has 1 amide bonds. The number of likely N-dealkylation sites (N-methyl/N-ethyl adjacent to an activating group) is 1. The molecule has 5 fully saturated rings. The molecule has 8 heterocycles. The van der Waals surface area contributed by atoms with Crippen LogP contribution in [-0.4, -0.2) is 234 Å². The van der Waals surface area contributed by atoms with Gasteiger partial charge in [0, 0.05) is 53.8 Å². The molecule has 9 unspecified atom stereocenters. The van der Waals surface area contributed by atoms with E-state index in [4.69, 9.17) is 66.9 Å². The van der Waals surface area contributed by atoms with Gasteiger partial charge in [0.1, 0.15) is 97.7 Å². The number of phosphoric ester groups is 1. The zero-order valence-electron chi connectivity index (χ0n) is 51.5. The first-order chi connectivity index (χ1) is 45.7. The van der Waals surface area contributed by atoms with Crippen LogP contribution < -0.4 is 39.5 Å². The number of amides is 1. The normalized spacial score (nSPS) is 33.7. The van der Waals surface area contributed by atoms with E-state index in [1.165, 1.54) is 39.0 Å². The average molecular weight is 1630 g/mol. The minimum atomic E-state index is -5.73. The van der Waals surface area contributed by atoms with E-state index in [-0.39, 0.29) is 23.7 Å². The summed E-state index contributed by atoms with van der Waals surface area (Å²) in [4.78, 5) is 144. The highest BCUT2D eigenvalue weighted by atomic mass is 35.9. The van der Waals surface area contributed by atoms with Gasteiger partial charge in [0.05, 0.1) is 49.3 Å². The molecule has 8 rings (SSSR count). The molecule has 5 aliphatic rings. The Labute approximate surface area is 568 Å². The maximum Gasteiger partial charge on any atom is 0.492 e. The van der Waals surface area contributed by atoms with Crippen LogP contribution in [0.2, 0.25) is 0 Å². The van der Waals surface area contributed by atoms with Crippen molar-refractivity contribution in [3.8, 4) is 0 Å². The van der Waals surface area contributed by atoms with Gasteiger partial charge in [0.25, 0.3) is 22.6 Å². The fourth-order valence-corrected chi connectivity index (χ4v) is 17.6. The van der Waals surface area contributed by atoms with E-state index in [0.29, 0.717) is 4.57 Å². The van der Waals surface area contributed by atoms with Gasteiger partial charge in [-0.05, 0) is 36.3 Å². The predicted octanol–water partition coefficient (Wildman–Crippen LogP) is -5.54. The number of rotatable bonds is 20. The summed E-state index contributed by atoms with van der Waals surface area (Å²) in [7, 11) is -27.2. The van der Waals surface area contributed by atoms with Crippen LogP contribution in [0.25, 0.3) is 0 Å². The molecule has 21 atom stereocenters. The van der Waals surface area contributed by atoms with E-state index in [1.54, 1.807) is 6.92 Å². The third-order valence-corrected chi connectivity index (χ3v) is 24.4. The fourth-order valence-electron chi connectivity index (χ4n) is 9.02. The average Bonchev–Trinajstić information content (AvgIpc) is 1.68. The Kier molecular flexibility index (Phi) is 29.8. The lowest BCUT2D eigenvalue weighted by atomic mass is 10.0. The lowest BCUT2D eigenvalue weighted by Gasteiger charge is -2.27. The predicted molar refractivity (Wildman–Crippen MR) is 327 cm³/mol. The highest BCUT2D eigenvalue weighted by Gasteiger charge is 2.56. The summed E-state index contributed by atoms with van der Waals surface area (Å²) in [5.41, 5.74) is 1.21. The number of nitrogens with two attached hydrogens (primary N) is 1. The van der Waals surface area contributed by atoms with Gasteiger partial charge >= 0.3 is 70.1 Å². The number of nitrogens with one attached hydrogen (secondary N) is 3. The van der Waals surface area contributed by atoms with E-state index in [0.717, 1.165) is 34.8 Å². The molecular formula is C42H69Cl2N8O41P7. The Balaban J connectivity index is 0.000000290. The van der Waals surface area contributed by atoms with E-state index in [9.17, 15) is 121 Å². The third kappa shape index (κ3) is 22.4. The second-order valence-corrected chi connectivity index (χ2v) is 34.8. The molecule has 3 aromatic heterocycles. The van der Waals surface area contributed by atoms with Gasteiger partial charge in [-0.25, -0.2) is 41.8 Å². The maximum absolute atomic E-state index is 12.5. The number of aromatic nitrogens is 6.